The lowest BCUT2D eigenvalue weighted by Gasteiger charge is -1.84. The zero-order chi connectivity index (χ0) is 4.99. The van der Waals surface area contributed by atoms with E-state index in [1.165, 1.54) is 0 Å². The van der Waals surface area contributed by atoms with Crippen molar-refractivity contribution in [3.63, 3.8) is 0 Å². The molecule has 0 fully saturated rings. The molecule has 0 amide bonds. The molecule has 0 spiro atoms. The minimum absolute atomic E-state index is 0.381. The quantitative estimate of drug-likeness (QED) is 0.321. The average Bonchev–Trinajstić information content (AvgIpc) is 1.65. The van der Waals surface area contributed by atoms with Crippen molar-refractivity contribution in [2.45, 2.75) is 0 Å². The van der Waals surface area contributed by atoms with Gasteiger partial charge in [0.05, 0.1) is 0 Å². The van der Waals surface area contributed by atoms with Gasteiger partial charge < -0.3 is 4.43 Å². The number of hydrogen-bond donors (Lipinski definition) is 0. The largest absolute Gasteiger partial charge is 0.522 e. The van der Waals surface area contributed by atoms with Crippen molar-refractivity contribution in [3.8, 4) is 0 Å². The van der Waals surface area contributed by atoms with Crippen LogP contribution in [0.2, 0.25) is 0 Å². The fraction of sp³-hybridized carbons (Fsp3) is 0. The Morgan fingerprint density at radius 3 is 2.50 bits per heavy atom. The van der Waals surface area contributed by atoms with Gasteiger partial charge in [-0.2, -0.15) is 0 Å². The molecule has 0 aromatic rings. The Kier molecular flexibility index (Phi) is 2.40. The molecule has 0 aromatic heterocycles. The minimum Gasteiger partial charge on any atom is -0.522 e. The summed E-state index contributed by atoms with van der Waals surface area (Å²) in [6.07, 6.45) is 1.12. The molecule has 0 rings (SSSR count). The van der Waals surface area contributed by atoms with Crippen LogP contribution in [0.25, 0.3) is 0 Å². The highest BCUT2D eigenvalue weighted by Crippen LogP contribution is 1.66. The van der Waals surface area contributed by atoms with Crippen LogP contribution in [0.15, 0.2) is 12.7 Å². The van der Waals surface area contributed by atoms with E-state index in [1.807, 2.05) is 0 Å². The fourth-order valence-corrected chi connectivity index (χ4v) is 0.177. The van der Waals surface area contributed by atoms with E-state index in [-0.39, 0.29) is 5.97 Å². The molecule has 0 aromatic carbocycles. The highest BCUT2D eigenvalue weighted by atomic mass is 28.2. The number of carbonyl (C=O) groups excluding carboxylic acids is 1. The number of rotatable bonds is 1. The topological polar surface area (TPSA) is 26.3 Å². The Balaban J connectivity index is 3.23. The van der Waals surface area contributed by atoms with Crippen LogP contribution in [0.1, 0.15) is 0 Å². The maximum atomic E-state index is 9.85. The molecule has 2 nitrogen and oxygen atoms in total. The van der Waals surface area contributed by atoms with Crippen LogP contribution < -0.4 is 0 Å². The van der Waals surface area contributed by atoms with Gasteiger partial charge >= 0.3 is 5.97 Å². The second-order valence-electron chi connectivity index (χ2n) is 0.667. The summed E-state index contributed by atoms with van der Waals surface area (Å²) in [5, 5.41) is 0. The summed E-state index contributed by atoms with van der Waals surface area (Å²) >= 11 is 0. The molecule has 6 heavy (non-hydrogen) atoms. The molecule has 0 heterocycles. The van der Waals surface area contributed by atoms with Crippen molar-refractivity contribution in [3.05, 3.63) is 12.7 Å². The molecule has 0 atom stereocenters. The van der Waals surface area contributed by atoms with Crippen molar-refractivity contribution in [1.82, 2.24) is 0 Å². The highest BCUT2D eigenvalue weighted by molar-refractivity contribution is 6.07. The van der Waals surface area contributed by atoms with E-state index >= 15 is 0 Å². The monoisotopic (exact) mass is 101 g/mol. The first-order valence-electron chi connectivity index (χ1n) is 1.39. The maximum Gasteiger partial charge on any atom is 0.316 e. The van der Waals surface area contributed by atoms with Crippen LogP contribution in [0.3, 0.4) is 0 Å². The summed E-state index contributed by atoms with van der Waals surface area (Å²) in [4.78, 5) is 9.85. The Labute approximate surface area is 39.3 Å². The second kappa shape index (κ2) is 2.65. The van der Waals surface area contributed by atoms with E-state index < -0.39 is 0 Å². The van der Waals surface area contributed by atoms with E-state index in [4.69, 9.17) is 0 Å². The molecule has 0 bridgehead atoms. The van der Waals surface area contributed by atoms with Crippen molar-refractivity contribution in [1.29, 1.82) is 0 Å². The Hall–Kier alpha value is -0.573. The van der Waals surface area contributed by atoms with Gasteiger partial charge in [0.15, 0.2) is 0 Å². The first-order chi connectivity index (χ1) is 2.81. The zero-order valence-electron chi connectivity index (χ0n) is 3.31. The van der Waals surface area contributed by atoms with Crippen molar-refractivity contribution < 1.29 is 9.22 Å². The fourth-order valence-electron chi connectivity index (χ4n) is 0.0589. The molecule has 0 saturated carbocycles. The normalized spacial score (nSPS) is 6.83. The summed E-state index contributed by atoms with van der Waals surface area (Å²) in [6.45, 7) is 3.16. The SMILES string of the molecule is C=CC(=O)O[SiH2]. The number of carbonyl (C=O) groups is 1. The van der Waals surface area contributed by atoms with Crippen molar-refractivity contribution in [2.24, 2.45) is 0 Å². The van der Waals surface area contributed by atoms with Crippen molar-refractivity contribution >= 4 is 16.5 Å². The summed E-state index contributed by atoms with van der Waals surface area (Å²) in [6, 6.07) is 0. The first-order valence-corrected chi connectivity index (χ1v) is 1.97. The molecular weight excluding hydrogens is 96.1 g/mol. The smallest absolute Gasteiger partial charge is 0.316 e. The van der Waals surface area contributed by atoms with E-state index in [9.17, 15) is 4.79 Å². The van der Waals surface area contributed by atoms with Crippen LogP contribution in [-0.2, 0) is 9.22 Å². The summed E-state index contributed by atoms with van der Waals surface area (Å²) in [7, 11) is 1.14. The van der Waals surface area contributed by atoms with Crippen LogP contribution in [0, 0.1) is 0 Å². The summed E-state index contributed by atoms with van der Waals surface area (Å²) < 4.78 is 4.17. The van der Waals surface area contributed by atoms with E-state index in [2.05, 4.69) is 11.0 Å². The molecule has 33 valence electrons. The highest BCUT2D eigenvalue weighted by Gasteiger charge is 1.81. The maximum absolute atomic E-state index is 9.85. The third-order valence-electron chi connectivity index (χ3n) is 0.309. The van der Waals surface area contributed by atoms with Gasteiger partial charge in [0.2, 0.25) is 10.5 Å². The van der Waals surface area contributed by atoms with Crippen LogP contribution >= 0.6 is 0 Å². The van der Waals surface area contributed by atoms with Gasteiger partial charge in [0.25, 0.3) is 0 Å². The molecule has 1 radical (unpaired) electrons. The molecule has 0 aliphatic carbocycles. The zero-order valence-corrected chi connectivity index (χ0v) is 4.72. The molecule has 3 heteroatoms. The van der Waals surface area contributed by atoms with E-state index in [1.54, 1.807) is 0 Å². The van der Waals surface area contributed by atoms with Crippen molar-refractivity contribution in [2.75, 3.05) is 0 Å². The van der Waals surface area contributed by atoms with Gasteiger partial charge in [-0.25, -0.2) is 4.79 Å². The lowest BCUT2D eigenvalue weighted by Crippen LogP contribution is -1.93. The van der Waals surface area contributed by atoms with E-state index in [0.717, 1.165) is 16.6 Å². The lowest BCUT2D eigenvalue weighted by atomic mass is 10.7. The van der Waals surface area contributed by atoms with Gasteiger partial charge in [-0.3, -0.25) is 0 Å². The van der Waals surface area contributed by atoms with Crippen LogP contribution in [-0.4, -0.2) is 16.5 Å². The predicted octanol–water partition coefficient (Wildman–Crippen LogP) is -0.736. The van der Waals surface area contributed by atoms with Gasteiger partial charge in [-0.15, -0.1) is 0 Å². The minimum atomic E-state index is -0.381. The summed E-state index contributed by atoms with van der Waals surface area (Å²) in [5.74, 6) is -0.381. The van der Waals surface area contributed by atoms with Crippen LogP contribution in [0.4, 0.5) is 0 Å². The van der Waals surface area contributed by atoms with E-state index in [0.29, 0.717) is 0 Å². The molecule has 0 unspecified atom stereocenters. The third-order valence-corrected chi connectivity index (χ3v) is 0.593. The molecular formula is C3H5O2Si. The van der Waals surface area contributed by atoms with Gasteiger partial charge in [0, 0.05) is 6.08 Å². The predicted molar refractivity (Wildman–Crippen MR) is 24.8 cm³/mol. The van der Waals surface area contributed by atoms with Gasteiger partial charge in [-0.05, 0) is 0 Å². The molecule has 0 aliphatic heterocycles. The Bertz CT molecular complexity index is 69.2. The molecule has 0 aliphatic rings. The average molecular weight is 101 g/mol. The second-order valence-corrected chi connectivity index (χ2v) is 0.956. The third kappa shape index (κ3) is 1.72. The first kappa shape index (κ1) is 5.43. The van der Waals surface area contributed by atoms with Crippen LogP contribution in [0.5, 0.6) is 0 Å². The van der Waals surface area contributed by atoms with Gasteiger partial charge in [0.1, 0.15) is 0 Å². The lowest BCUT2D eigenvalue weighted by molar-refractivity contribution is -0.128. The number of hydrogen-bond acceptors (Lipinski definition) is 2. The summed E-state index contributed by atoms with van der Waals surface area (Å²) in [5.41, 5.74) is 0. The standard InChI is InChI=1S/C3H5O2Si/c1-2-3(4)5-6/h2H,1,6H2. The Morgan fingerprint density at radius 1 is 2.00 bits per heavy atom. The van der Waals surface area contributed by atoms with Gasteiger partial charge in [-0.1, -0.05) is 6.58 Å². The molecule has 0 saturated heterocycles. The molecule has 0 N–H and O–H groups in total. The Morgan fingerprint density at radius 2 is 2.50 bits per heavy atom.